The topological polar surface area (TPSA) is 73.7 Å². The molecule has 1 aliphatic rings. The molecule has 17 heavy (non-hydrogen) atoms. The molecule has 0 aromatic carbocycles. The van der Waals surface area contributed by atoms with Crippen molar-refractivity contribution < 1.29 is 14.7 Å². The zero-order valence-electron chi connectivity index (χ0n) is 9.42. The van der Waals surface area contributed by atoms with Crippen molar-refractivity contribution in [2.45, 2.75) is 6.42 Å². The lowest BCUT2D eigenvalue weighted by Gasteiger charge is -2.18. The number of nitrogens with zero attached hydrogens (tertiary/aromatic N) is 3. The van der Waals surface area contributed by atoms with Crippen LogP contribution >= 0.6 is 11.3 Å². The van der Waals surface area contributed by atoms with Crippen LogP contribution in [0.5, 0.6) is 0 Å². The number of anilines is 1. The van der Waals surface area contributed by atoms with Crippen molar-refractivity contribution in [2.24, 2.45) is 0 Å². The molecule has 0 unspecified atom stereocenters. The highest BCUT2D eigenvalue weighted by Crippen LogP contribution is 2.23. The van der Waals surface area contributed by atoms with Crippen molar-refractivity contribution in [2.75, 3.05) is 31.6 Å². The third-order valence-electron chi connectivity index (χ3n) is 2.65. The minimum Gasteiger partial charge on any atom is -0.477 e. The van der Waals surface area contributed by atoms with Crippen molar-refractivity contribution in [3.05, 3.63) is 11.1 Å². The molecule has 0 saturated carbocycles. The van der Waals surface area contributed by atoms with Gasteiger partial charge in [0, 0.05) is 20.1 Å². The Balaban J connectivity index is 2.15. The van der Waals surface area contributed by atoms with Crippen molar-refractivity contribution in [3.63, 3.8) is 0 Å². The fraction of sp³-hybridized carbons (Fsp3) is 0.500. The summed E-state index contributed by atoms with van der Waals surface area (Å²) in [6.07, 6.45) is 2.20. The predicted molar refractivity (Wildman–Crippen MR) is 63.5 cm³/mol. The van der Waals surface area contributed by atoms with Crippen LogP contribution < -0.4 is 4.90 Å². The molecule has 2 heterocycles. The first kappa shape index (κ1) is 11.8. The minimum atomic E-state index is -0.980. The van der Waals surface area contributed by atoms with Gasteiger partial charge in [-0.2, -0.15) is 0 Å². The quantitative estimate of drug-likeness (QED) is 0.833. The van der Waals surface area contributed by atoms with Gasteiger partial charge in [0.2, 0.25) is 5.91 Å². The number of amides is 1. The van der Waals surface area contributed by atoms with Gasteiger partial charge in [-0.1, -0.05) is 11.3 Å². The highest BCUT2D eigenvalue weighted by molar-refractivity contribution is 7.17. The molecule has 92 valence electrons. The summed E-state index contributed by atoms with van der Waals surface area (Å²) in [6.45, 7) is 1.72. The molecule has 6 nitrogen and oxygen atoms in total. The SMILES string of the molecule is CN1CCCN(c2ncc(C(=O)O)s2)CC1=O. The number of carboxylic acids is 1. The van der Waals surface area contributed by atoms with E-state index >= 15 is 0 Å². The van der Waals surface area contributed by atoms with Gasteiger partial charge in [-0.05, 0) is 6.42 Å². The van der Waals surface area contributed by atoms with E-state index in [0.29, 0.717) is 5.13 Å². The molecule has 1 fully saturated rings. The van der Waals surface area contributed by atoms with Crippen molar-refractivity contribution in [1.29, 1.82) is 0 Å². The molecular formula is C10H13N3O3S. The maximum Gasteiger partial charge on any atom is 0.347 e. The fourth-order valence-electron chi connectivity index (χ4n) is 1.66. The summed E-state index contributed by atoms with van der Waals surface area (Å²) in [5.74, 6) is -0.943. The molecule has 1 amide bonds. The standard InChI is InChI=1S/C10H13N3O3S/c1-12-3-2-4-13(6-8(12)14)10-11-5-7(17-10)9(15)16/h5H,2-4,6H2,1H3,(H,15,16). The Kier molecular flexibility index (Phi) is 3.28. The number of thiazole rings is 1. The summed E-state index contributed by atoms with van der Waals surface area (Å²) in [4.78, 5) is 30.2. The summed E-state index contributed by atoms with van der Waals surface area (Å²) in [7, 11) is 1.77. The Morgan fingerprint density at radius 3 is 2.94 bits per heavy atom. The van der Waals surface area contributed by atoms with Crippen LogP contribution in [0.1, 0.15) is 16.1 Å². The first-order valence-electron chi connectivity index (χ1n) is 5.26. The zero-order valence-corrected chi connectivity index (χ0v) is 10.2. The number of carboxylic acid groups (broad SMARTS) is 1. The van der Waals surface area contributed by atoms with Crippen LogP contribution in [-0.2, 0) is 4.79 Å². The first-order valence-corrected chi connectivity index (χ1v) is 6.07. The van der Waals surface area contributed by atoms with Crippen LogP contribution in [-0.4, -0.2) is 53.5 Å². The van der Waals surface area contributed by atoms with E-state index in [2.05, 4.69) is 4.98 Å². The lowest BCUT2D eigenvalue weighted by Crippen LogP contribution is -2.34. The summed E-state index contributed by atoms with van der Waals surface area (Å²) in [6, 6.07) is 0. The number of carbonyl (C=O) groups is 2. The van der Waals surface area contributed by atoms with Gasteiger partial charge in [-0.3, -0.25) is 4.79 Å². The Bertz CT molecular complexity index is 446. The zero-order chi connectivity index (χ0) is 12.4. The van der Waals surface area contributed by atoms with E-state index in [4.69, 9.17) is 5.11 Å². The van der Waals surface area contributed by atoms with E-state index < -0.39 is 5.97 Å². The van der Waals surface area contributed by atoms with Gasteiger partial charge < -0.3 is 14.9 Å². The largest absolute Gasteiger partial charge is 0.477 e. The number of aromatic carboxylic acids is 1. The third kappa shape index (κ3) is 2.55. The Labute approximate surface area is 102 Å². The maximum absolute atomic E-state index is 11.7. The smallest absolute Gasteiger partial charge is 0.347 e. The average molecular weight is 255 g/mol. The second kappa shape index (κ2) is 4.70. The van der Waals surface area contributed by atoms with E-state index in [-0.39, 0.29) is 17.3 Å². The monoisotopic (exact) mass is 255 g/mol. The number of aromatic nitrogens is 1. The highest BCUT2D eigenvalue weighted by Gasteiger charge is 2.21. The van der Waals surface area contributed by atoms with Crippen LogP contribution in [0.15, 0.2) is 6.20 Å². The summed E-state index contributed by atoms with van der Waals surface area (Å²) >= 11 is 1.10. The fourth-order valence-corrected chi connectivity index (χ4v) is 2.44. The molecule has 0 bridgehead atoms. The van der Waals surface area contributed by atoms with Crippen molar-refractivity contribution in [3.8, 4) is 0 Å². The molecule has 0 aliphatic carbocycles. The van der Waals surface area contributed by atoms with Crippen LogP contribution in [0.25, 0.3) is 0 Å². The van der Waals surface area contributed by atoms with Crippen LogP contribution in [0.3, 0.4) is 0 Å². The molecule has 1 saturated heterocycles. The van der Waals surface area contributed by atoms with Gasteiger partial charge >= 0.3 is 5.97 Å². The van der Waals surface area contributed by atoms with Crippen molar-refractivity contribution >= 4 is 28.3 Å². The van der Waals surface area contributed by atoms with Gasteiger partial charge in [0.15, 0.2) is 5.13 Å². The molecule has 1 aromatic heterocycles. The van der Waals surface area contributed by atoms with Gasteiger partial charge in [0.25, 0.3) is 0 Å². The van der Waals surface area contributed by atoms with Crippen LogP contribution in [0, 0.1) is 0 Å². The van der Waals surface area contributed by atoms with E-state index in [1.807, 2.05) is 4.90 Å². The predicted octanol–water partition coefficient (Wildman–Crippen LogP) is 0.510. The third-order valence-corrected chi connectivity index (χ3v) is 3.69. The molecule has 1 aromatic rings. The maximum atomic E-state index is 11.7. The molecule has 7 heteroatoms. The van der Waals surface area contributed by atoms with Gasteiger partial charge in [0.05, 0.1) is 12.7 Å². The normalized spacial score (nSPS) is 17.1. The van der Waals surface area contributed by atoms with Crippen molar-refractivity contribution in [1.82, 2.24) is 9.88 Å². The Morgan fingerprint density at radius 1 is 1.53 bits per heavy atom. The van der Waals surface area contributed by atoms with E-state index in [1.54, 1.807) is 11.9 Å². The van der Waals surface area contributed by atoms with Crippen LogP contribution in [0.2, 0.25) is 0 Å². The first-order chi connectivity index (χ1) is 8.08. The number of rotatable bonds is 2. The summed E-state index contributed by atoms with van der Waals surface area (Å²) in [5, 5.41) is 9.43. The van der Waals surface area contributed by atoms with Gasteiger partial charge in [0.1, 0.15) is 4.88 Å². The molecule has 0 spiro atoms. The molecule has 0 atom stereocenters. The lowest BCUT2D eigenvalue weighted by molar-refractivity contribution is -0.127. The molecule has 1 aliphatic heterocycles. The second-order valence-electron chi connectivity index (χ2n) is 3.90. The average Bonchev–Trinajstić information content (AvgIpc) is 2.70. The minimum absolute atomic E-state index is 0.0366. The van der Waals surface area contributed by atoms with Gasteiger partial charge in [-0.15, -0.1) is 0 Å². The molecule has 0 radical (unpaired) electrons. The van der Waals surface area contributed by atoms with E-state index in [0.717, 1.165) is 30.8 Å². The highest BCUT2D eigenvalue weighted by atomic mass is 32.1. The van der Waals surface area contributed by atoms with Crippen LogP contribution in [0.4, 0.5) is 5.13 Å². The van der Waals surface area contributed by atoms with E-state index in [9.17, 15) is 9.59 Å². The Morgan fingerprint density at radius 2 is 2.29 bits per heavy atom. The van der Waals surface area contributed by atoms with Gasteiger partial charge in [-0.25, -0.2) is 9.78 Å². The number of hydrogen-bond acceptors (Lipinski definition) is 5. The number of carbonyl (C=O) groups excluding carboxylic acids is 1. The summed E-state index contributed by atoms with van der Waals surface area (Å²) in [5.41, 5.74) is 0. The Hall–Kier alpha value is -1.63. The second-order valence-corrected chi connectivity index (χ2v) is 4.91. The number of likely N-dealkylation sites (N-methyl/N-ethyl adjacent to an activating group) is 1. The molecular weight excluding hydrogens is 242 g/mol. The molecule has 1 N–H and O–H groups in total. The molecule has 2 rings (SSSR count). The van der Waals surface area contributed by atoms with E-state index in [1.165, 1.54) is 6.20 Å². The summed E-state index contributed by atoms with van der Waals surface area (Å²) < 4.78 is 0. The number of hydrogen-bond donors (Lipinski definition) is 1. The lowest BCUT2D eigenvalue weighted by atomic mass is 10.4.